The van der Waals surface area contributed by atoms with Gasteiger partial charge in [0.15, 0.2) is 0 Å². The van der Waals surface area contributed by atoms with E-state index < -0.39 is 4.92 Å². The molecule has 3 rings (SSSR count). The normalized spacial score (nSPS) is 10.8. The highest BCUT2D eigenvalue weighted by atomic mass is 16.6. The van der Waals surface area contributed by atoms with Crippen LogP contribution in [0.2, 0.25) is 0 Å². The van der Waals surface area contributed by atoms with E-state index in [4.69, 9.17) is 4.42 Å². The zero-order valence-corrected chi connectivity index (χ0v) is 13.7. The summed E-state index contributed by atoms with van der Waals surface area (Å²) < 4.78 is 5.15. The van der Waals surface area contributed by atoms with Gasteiger partial charge in [-0.25, -0.2) is 0 Å². The number of rotatable bonds is 5. The van der Waals surface area contributed by atoms with Crippen molar-refractivity contribution in [1.29, 1.82) is 0 Å². The molecule has 0 aliphatic carbocycles. The molecule has 0 fully saturated rings. The lowest BCUT2D eigenvalue weighted by atomic mass is 10.1. The van der Waals surface area contributed by atoms with E-state index in [2.05, 4.69) is 15.5 Å². The topological polar surface area (TPSA) is 111 Å². The molecule has 0 aliphatic heterocycles. The van der Waals surface area contributed by atoms with Gasteiger partial charge in [0.05, 0.1) is 4.92 Å². The highest BCUT2D eigenvalue weighted by Gasteiger charge is 2.08. The van der Waals surface area contributed by atoms with Crippen molar-refractivity contribution in [3.63, 3.8) is 0 Å². The third kappa shape index (κ3) is 3.99. The standard InChI is InChI=1S/C18H14N4O4/c1-12-5-7-14(18-21-19-11-26-18)10-16(12)20-17(23)8-6-13-3-2-4-15(9-13)22(24)25/h2-11H,1H3,(H,20,23). The van der Waals surface area contributed by atoms with Crippen molar-refractivity contribution in [1.82, 2.24) is 10.2 Å². The lowest BCUT2D eigenvalue weighted by Crippen LogP contribution is -2.09. The number of aromatic nitrogens is 2. The van der Waals surface area contributed by atoms with E-state index in [1.54, 1.807) is 18.2 Å². The summed E-state index contributed by atoms with van der Waals surface area (Å²) in [6.07, 6.45) is 4.06. The van der Waals surface area contributed by atoms with Gasteiger partial charge in [-0.3, -0.25) is 14.9 Å². The third-order valence-electron chi connectivity index (χ3n) is 3.61. The zero-order valence-electron chi connectivity index (χ0n) is 13.7. The van der Waals surface area contributed by atoms with Gasteiger partial charge < -0.3 is 9.73 Å². The quantitative estimate of drug-likeness (QED) is 0.427. The molecule has 0 bridgehead atoms. The molecule has 26 heavy (non-hydrogen) atoms. The maximum Gasteiger partial charge on any atom is 0.270 e. The predicted molar refractivity (Wildman–Crippen MR) is 95.2 cm³/mol. The first kappa shape index (κ1) is 17.0. The molecule has 1 N–H and O–H groups in total. The van der Waals surface area contributed by atoms with Crippen molar-refractivity contribution in [2.24, 2.45) is 0 Å². The van der Waals surface area contributed by atoms with Crippen molar-refractivity contribution in [2.75, 3.05) is 5.32 Å². The fraction of sp³-hybridized carbons (Fsp3) is 0.0556. The molecule has 130 valence electrons. The molecule has 1 heterocycles. The number of nitrogens with zero attached hydrogens (tertiary/aromatic N) is 3. The zero-order chi connectivity index (χ0) is 18.5. The molecule has 0 spiro atoms. The number of nitro groups is 1. The van der Waals surface area contributed by atoms with Crippen LogP contribution >= 0.6 is 0 Å². The number of aryl methyl sites for hydroxylation is 1. The number of benzene rings is 2. The van der Waals surface area contributed by atoms with Crippen molar-refractivity contribution in [2.45, 2.75) is 6.92 Å². The Kier molecular flexibility index (Phi) is 4.84. The number of carbonyl (C=O) groups is 1. The van der Waals surface area contributed by atoms with E-state index in [9.17, 15) is 14.9 Å². The van der Waals surface area contributed by atoms with Crippen LogP contribution in [0.5, 0.6) is 0 Å². The molecule has 1 amide bonds. The van der Waals surface area contributed by atoms with Crippen LogP contribution in [0.15, 0.2) is 59.4 Å². The predicted octanol–water partition coefficient (Wildman–Crippen LogP) is 3.61. The van der Waals surface area contributed by atoms with E-state index in [1.165, 1.54) is 30.7 Å². The Morgan fingerprint density at radius 2 is 2.12 bits per heavy atom. The maximum absolute atomic E-state index is 12.2. The molecule has 8 heteroatoms. The van der Waals surface area contributed by atoms with Gasteiger partial charge in [-0.05, 0) is 36.3 Å². The second-order valence-corrected chi connectivity index (χ2v) is 5.45. The minimum atomic E-state index is -0.482. The SMILES string of the molecule is Cc1ccc(-c2nnco2)cc1NC(=O)C=Cc1cccc([N+](=O)[O-])c1. The summed E-state index contributed by atoms with van der Waals surface area (Å²) in [7, 11) is 0. The minimum absolute atomic E-state index is 0.0318. The fourth-order valence-electron chi connectivity index (χ4n) is 2.28. The fourth-order valence-corrected chi connectivity index (χ4v) is 2.28. The summed E-state index contributed by atoms with van der Waals surface area (Å²) in [5, 5.41) is 21.0. The Morgan fingerprint density at radius 3 is 2.85 bits per heavy atom. The Labute approximate surface area is 148 Å². The van der Waals surface area contributed by atoms with Crippen LogP contribution in [0, 0.1) is 17.0 Å². The molecule has 1 aromatic heterocycles. The number of nitro benzene ring substituents is 1. The van der Waals surface area contributed by atoms with Gasteiger partial charge in [-0.1, -0.05) is 18.2 Å². The summed E-state index contributed by atoms with van der Waals surface area (Å²) in [6, 6.07) is 11.4. The third-order valence-corrected chi connectivity index (χ3v) is 3.61. The molecule has 0 atom stereocenters. The second kappa shape index (κ2) is 7.39. The molecule has 0 aliphatic rings. The highest BCUT2D eigenvalue weighted by Crippen LogP contribution is 2.24. The Morgan fingerprint density at radius 1 is 1.27 bits per heavy atom. The average molecular weight is 350 g/mol. The smallest absolute Gasteiger partial charge is 0.270 e. The van der Waals surface area contributed by atoms with Gasteiger partial charge in [0.1, 0.15) is 0 Å². The maximum atomic E-state index is 12.2. The summed E-state index contributed by atoms with van der Waals surface area (Å²) in [5.74, 6) is -0.00470. The van der Waals surface area contributed by atoms with Crippen LogP contribution in [0.25, 0.3) is 17.5 Å². The van der Waals surface area contributed by atoms with Crippen molar-refractivity contribution < 1.29 is 14.1 Å². The number of hydrogen-bond acceptors (Lipinski definition) is 6. The van der Waals surface area contributed by atoms with Crippen molar-refractivity contribution in [3.05, 3.63) is 76.2 Å². The highest BCUT2D eigenvalue weighted by molar-refractivity contribution is 6.02. The molecule has 0 saturated heterocycles. The lowest BCUT2D eigenvalue weighted by molar-refractivity contribution is -0.384. The first-order chi connectivity index (χ1) is 12.5. The van der Waals surface area contributed by atoms with Crippen LogP contribution < -0.4 is 5.32 Å². The number of amides is 1. The summed E-state index contributed by atoms with van der Waals surface area (Å²) >= 11 is 0. The molecular weight excluding hydrogens is 336 g/mol. The van der Waals surface area contributed by atoms with E-state index in [-0.39, 0.29) is 11.6 Å². The molecular formula is C18H14N4O4. The molecule has 0 unspecified atom stereocenters. The average Bonchev–Trinajstić information content (AvgIpc) is 3.17. The minimum Gasteiger partial charge on any atom is -0.423 e. The Balaban J connectivity index is 1.75. The summed E-state index contributed by atoms with van der Waals surface area (Å²) in [4.78, 5) is 22.5. The van der Waals surface area contributed by atoms with Crippen LogP contribution in [0.4, 0.5) is 11.4 Å². The van der Waals surface area contributed by atoms with Crippen LogP contribution in [0.1, 0.15) is 11.1 Å². The molecule has 3 aromatic rings. The van der Waals surface area contributed by atoms with Crippen molar-refractivity contribution >= 4 is 23.4 Å². The van der Waals surface area contributed by atoms with E-state index in [1.807, 2.05) is 19.1 Å². The van der Waals surface area contributed by atoms with Gasteiger partial charge in [0, 0.05) is 29.5 Å². The van der Waals surface area contributed by atoms with Gasteiger partial charge in [-0.2, -0.15) is 0 Å². The number of carbonyl (C=O) groups excluding carboxylic acids is 1. The summed E-state index contributed by atoms with van der Waals surface area (Å²) in [6.45, 7) is 1.86. The second-order valence-electron chi connectivity index (χ2n) is 5.45. The van der Waals surface area contributed by atoms with E-state index in [0.717, 1.165) is 5.56 Å². The van der Waals surface area contributed by atoms with Crippen LogP contribution in [-0.4, -0.2) is 21.0 Å². The Bertz CT molecular complexity index is 981. The molecule has 8 nitrogen and oxygen atoms in total. The molecule has 0 saturated carbocycles. The number of nitrogens with one attached hydrogen (secondary N) is 1. The number of anilines is 1. The van der Waals surface area contributed by atoms with Gasteiger partial charge in [0.25, 0.3) is 5.69 Å². The Hall–Kier alpha value is -3.81. The van der Waals surface area contributed by atoms with Gasteiger partial charge >= 0.3 is 0 Å². The number of non-ortho nitro benzene ring substituents is 1. The largest absolute Gasteiger partial charge is 0.423 e. The van der Waals surface area contributed by atoms with E-state index in [0.29, 0.717) is 22.7 Å². The van der Waals surface area contributed by atoms with Gasteiger partial charge in [-0.15, -0.1) is 10.2 Å². The number of hydrogen-bond donors (Lipinski definition) is 1. The first-order valence-electron chi connectivity index (χ1n) is 7.63. The monoisotopic (exact) mass is 350 g/mol. The first-order valence-corrected chi connectivity index (χ1v) is 7.63. The van der Waals surface area contributed by atoms with Crippen LogP contribution in [-0.2, 0) is 4.79 Å². The summed E-state index contributed by atoms with van der Waals surface area (Å²) in [5.41, 5.74) is 2.69. The van der Waals surface area contributed by atoms with Crippen molar-refractivity contribution in [3.8, 4) is 11.5 Å². The van der Waals surface area contributed by atoms with Crippen LogP contribution in [0.3, 0.4) is 0 Å². The van der Waals surface area contributed by atoms with Gasteiger partial charge in [0.2, 0.25) is 18.2 Å². The van der Waals surface area contributed by atoms with E-state index >= 15 is 0 Å². The lowest BCUT2D eigenvalue weighted by Gasteiger charge is -2.07. The molecule has 2 aromatic carbocycles. The molecule has 0 radical (unpaired) electrons.